The van der Waals surface area contributed by atoms with Crippen LogP contribution in [0, 0.1) is 19.7 Å². The maximum absolute atomic E-state index is 13.1. The van der Waals surface area contributed by atoms with Crippen molar-refractivity contribution in [2.75, 3.05) is 0 Å². The molecule has 0 fully saturated rings. The first kappa shape index (κ1) is 11.1. The monoisotopic (exact) mass is 238 g/mol. The highest BCUT2D eigenvalue weighted by molar-refractivity contribution is 6.17. The molecule has 0 N–H and O–H groups in total. The minimum absolute atomic E-state index is 0.270. The minimum atomic E-state index is -0.270. The van der Waals surface area contributed by atoms with Gasteiger partial charge in [-0.3, -0.25) is 0 Å². The van der Waals surface area contributed by atoms with Crippen molar-refractivity contribution in [3.8, 4) is 5.69 Å². The minimum Gasteiger partial charge on any atom is -0.303 e. The molecule has 84 valence electrons. The molecule has 16 heavy (non-hydrogen) atoms. The first-order valence-electron chi connectivity index (χ1n) is 4.99. The molecule has 1 aromatic heterocycles. The van der Waals surface area contributed by atoms with Crippen LogP contribution >= 0.6 is 11.6 Å². The fourth-order valence-corrected chi connectivity index (χ4v) is 1.85. The lowest BCUT2D eigenvalue weighted by Crippen LogP contribution is -2.00. The summed E-state index contributed by atoms with van der Waals surface area (Å²) in [7, 11) is 0. The van der Waals surface area contributed by atoms with Crippen LogP contribution in [0.3, 0.4) is 0 Å². The first-order chi connectivity index (χ1) is 7.63. The molecule has 4 heteroatoms. The standard InChI is InChI=1S/C12H12ClFN2/c1-8-9(2)16(7-15-8)12-4-3-11(14)5-10(12)6-13/h3-5,7H,6H2,1-2H3. The number of hydrogen-bond donors (Lipinski definition) is 0. The molecular weight excluding hydrogens is 227 g/mol. The lowest BCUT2D eigenvalue weighted by atomic mass is 10.2. The second kappa shape index (κ2) is 4.26. The summed E-state index contributed by atoms with van der Waals surface area (Å²) in [6.07, 6.45) is 1.73. The molecule has 1 heterocycles. The number of benzene rings is 1. The van der Waals surface area contributed by atoms with Gasteiger partial charge in [-0.25, -0.2) is 9.37 Å². The molecule has 0 saturated carbocycles. The van der Waals surface area contributed by atoms with Gasteiger partial charge in [0, 0.05) is 11.6 Å². The van der Waals surface area contributed by atoms with Gasteiger partial charge in [0.05, 0.1) is 17.7 Å². The van der Waals surface area contributed by atoms with Crippen molar-refractivity contribution >= 4 is 11.6 Å². The van der Waals surface area contributed by atoms with Crippen molar-refractivity contribution in [2.45, 2.75) is 19.7 Å². The van der Waals surface area contributed by atoms with Gasteiger partial charge in [-0.2, -0.15) is 0 Å². The van der Waals surface area contributed by atoms with E-state index in [-0.39, 0.29) is 11.7 Å². The van der Waals surface area contributed by atoms with E-state index in [4.69, 9.17) is 11.6 Å². The van der Waals surface area contributed by atoms with E-state index < -0.39 is 0 Å². The highest BCUT2D eigenvalue weighted by atomic mass is 35.5. The van der Waals surface area contributed by atoms with Gasteiger partial charge in [0.1, 0.15) is 5.82 Å². The second-order valence-corrected chi connectivity index (χ2v) is 3.96. The third-order valence-electron chi connectivity index (χ3n) is 2.70. The Labute approximate surface area is 98.7 Å². The lowest BCUT2D eigenvalue weighted by molar-refractivity contribution is 0.625. The fraction of sp³-hybridized carbons (Fsp3) is 0.250. The quantitative estimate of drug-likeness (QED) is 0.734. The van der Waals surface area contributed by atoms with E-state index in [2.05, 4.69) is 4.98 Å². The number of aryl methyl sites for hydroxylation is 1. The summed E-state index contributed by atoms with van der Waals surface area (Å²) in [6.45, 7) is 3.92. The summed E-state index contributed by atoms with van der Waals surface area (Å²) in [4.78, 5) is 4.22. The second-order valence-electron chi connectivity index (χ2n) is 3.69. The molecule has 2 rings (SSSR count). The normalized spacial score (nSPS) is 10.8. The lowest BCUT2D eigenvalue weighted by Gasteiger charge is -2.10. The molecule has 0 amide bonds. The molecular formula is C12H12ClFN2. The van der Waals surface area contributed by atoms with Crippen LogP contribution in [0.2, 0.25) is 0 Å². The maximum atomic E-state index is 13.1. The number of nitrogens with zero attached hydrogens (tertiary/aromatic N) is 2. The van der Waals surface area contributed by atoms with E-state index in [9.17, 15) is 4.39 Å². The van der Waals surface area contributed by atoms with Gasteiger partial charge in [0.25, 0.3) is 0 Å². The van der Waals surface area contributed by atoms with Gasteiger partial charge < -0.3 is 4.57 Å². The third kappa shape index (κ3) is 1.83. The average molecular weight is 239 g/mol. The Balaban J connectivity index is 2.59. The molecule has 0 saturated heterocycles. The van der Waals surface area contributed by atoms with Crippen LogP contribution in [0.5, 0.6) is 0 Å². The maximum Gasteiger partial charge on any atom is 0.123 e. The van der Waals surface area contributed by atoms with Crippen LogP contribution in [-0.4, -0.2) is 9.55 Å². The van der Waals surface area contributed by atoms with Gasteiger partial charge in [0.2, 0.25) is 0 Å². The van der Waals surface area contributed by atoms with E-state index in [1.54, 1.807) is 12.4 Å². The summed E-state index contributed by atoms with van der Waals surface area (Å²) in [5, 5.41) is 0. The molecule has 0 bridgehead atoms. The molecule has 2 aromatic rings. The van der Waals surface area contributed by atoms with E-state index in [1.165, 1.54) is 12.1 Å². The summed E-state index contributed by atoms with van der Waals surface area (Å²) < 4.78 is 15.0. The molecule has 0 aliphatic heterocycles. The number of alkyl halides is 1. The van der Waals surface area contributed by atoms with Crippen LogP contribution in [0.1, 0.15) is 17.0 Å². The number of aromatic nitrogens is 2. The van der Waals surface area contributed by atoms with Crippen LogP contribution < -0.4 is 0 Å². The van der Waals surface area contributed by atoms with E-state index in [1.807, 2.05) is 18.4 Å². The van der Waals surface area contributed by atoms with Crippen LogP contribution in [0.25, 0.3) is 5.69 Å². The van der Waals surface area contributed by atoms with Crippen molar-refractivity contribution in [2.24, 2.45) is 0 Å². The summed E-state index contributed by atoms with van der Waals surface area (Å²) in [6, 6.07) is 4.61. The largest absolute Gasteiger partial charge is 0.303 e. The van der Waals surface area contributed by atoms with Crippen molar-refractivity contribution in [3.05, 3.63) is 47.3 Å². The zero-order chi connectivity index (χ0) is 11.7. The summed E-state index contributed by atoms with van der Waals surface area (Å²) in [5.74, 6) is 0.0120. The number of hydrogen-bond acceptors (Lipinski definition) is 1. The van der Waals surface area contributed by atoms with Gasteiger partial charge in [0.15, 0.2) is 0 Å². The predicted octanol–water partition coefficient (Wildman–Crippen LogP) is 3.37. The average Bonchev–Trinajstić information content (AvgIpc) is 2.60. The molecule has 0 atom stereocenters. The number of rotatable bonds is 2. The Morgan fingerprint density at radius 3 is 2.69 bits per heavy atom. The van der Waals surface area contributed by atoms with E-state index in [0.717, 1.165) is 22.6 Å². The van der Waals surface area contributed by atoms with Gasteiger partial charge in [-0.05, 0) is 37.6 Å². The Morgan fingerprint density at radius 2 is 2.12 bits per heavy atom. The zero-order valence-electron chi connectivity index (χ0n) is 9.17. The van der Waals surface area contributed by atoms with Gasteiger partial charge >= 0.3 is 0 Å². The van der Waals surface area contributed by atoms with Crippen LogP contribution in [0.4, 0.5) is 4.39 Å². The van der Waals surface area contributed by atoms with Gasteiger partial charge in [-0.1, -0.05) is 0 Å². The topological polar surface area (TPSA) is 17.8 Å². The van der Waals surface area contributed by atoms with Crippen molar-refractivity contribution in [1.82, 2.24) is 9.55 Å². The SMILES string of the molecule is Cc1ncn(-c2ccc(F)cc2CCl)c1C. The van der Waals surface area contributed by atoms with E-state index in [0.29, 0.717) is 0 Å². The van der Waals surface area contributed by atoms with Crippen LogP contribution in [0.15, 0.2) is 24.5 Å². The van der Waals surface area contributed by atoms with Crippen molar-refractivity contribution in [1.29, 1.82) is 0 Å². The van der Waals surface area contributed by atoms with Crippen LogP contribution in [-0.2, 0) is 5.88 Å². The molecule has 1 aromatic carbocycles. The molecule has 0 aliphatic rings. The summed E-state index contributed by atoms with van der Waals surface area (Å²) >= 11 is 5.81. The van der Waals surface area contributed by atoms with Gasteiger partial charge in [-0.15, -0.1) is 11.6 Å². The summed E-state index contributed by atoms with van der Waals surface area (Å²) in [5.41, 5.74) is 3.65. The Kier molecular flexibility index (Phi) is 2.97. The van der Waals surface area contributed by atoms with Crippen molar-refractivity contribution in [3.63, 3.8) is 0 Å². The first-order valence-corrected chi connectivity index (χ1v) is 5.52. The highest BCUT2D eigenvalue weighted by Gasteiger charge is 2.09. The molecule has 0 spiro atoms. The Bertz CT molecular complexity index is 520. The van der Waals surface area contributed by atoms with E-state index >= 15 is 0 Å². The predicted molar refractivity (Wildman–Crippen MR) is 62.6 cm³/mol. The molecule has 0 unspecified atom stereocenters. The number of halogens is 2. The zero-order valence-corrected chi connectivity index (χ0v) is 9.92. The third-order valence-corrected chi connectivity index (χ3v) is 2.98. The molecule has 2 nitrogen and oxygen atoms in total. The Morgan fingerprint density at radius 1 is 1.38 bits per heavy atom. The fourth-order valence-electron chi connectivity index (χ4n) is 1.64. The smallest absolute Gasteiger partial charge is 0.123 e. The highest BCUT2D eigenvalue weighted by Crippen LogP contribution is 2.20. The Hall–Kier alpha value is -1.35. The molecule has 0 aliphatic carbocycles. The molecule has 0 radical (unpaired) electrons. The van der Waals surface area contributed by atoms with Crippen molar-refractivity contribution < 1.29 is 4.39 Å². The number of imidazole rings is 1.